The summed E-state index contributed by atoms with van der Waals surface area (Å²) in [5.41, 5.74) is 0.929. The molecule has 0 aliphatic carbocycles. The van der Waals surface area contributed by atoms with E-state index in [0.717, 1.165) is 5.56 Å². The van der Waals surface area contributed by atoms with Gasteiger partial charge < -0.3 is 14.4 Å². The first-order valence-electron chi connectivity index (χ1n) is 8.14. The Morgan fingerprint density at radius 3 is 2.67 bits per heavy atom. The average Bonchev–Trinajstić information content (AvgIpc) is 2.90. The van der Waals surface area contributed by atoms with Crippen LogP contribution < -0.4 is 9.47 Å². The summed E-state index contributed by atoms with van der Waals surface area (Å²) in [4.78, 5) is 14.1. The van der Waals surface area contributed by atoms with Crippen molar-refractivity contribution in [3.05, 3.63) is 23.8 Å². The van der Waals surface area contributed by atoms with E-state index in [4.69, 9.17) is 9.47 Å². The molecule has 0 N–H and O–H groups in total. The number of hydrogen-bond acceptors (Lipinski definition) is 5. The van der Waals surface area contributed by atoms with E-state index < -0.39 is 10.0 Å². The molecule has 0 saturated carbocycles. The zero-order valence-electron chi connectivity index (χ0n) is 13.7. The molecule has 132 valence electrons. The number of sulfonamides is 1. The summed E-state index contributed by atoms with van der Waals surface area (Å²) in [5.74, 6) is 1.35. The molecule has 24 heavy (non-hydrogen) atoms. The van der Waals surface area contributed by atoms with E-state index in [1.807, 2.05) is 25.1 Å². The number of carbonyl (C=O) groups is 1. The molecule has 0 aromatic heterocycles. The van der Waals surface area contributed by atoms with E-state index in [2.05, 4.69) is 0 Å². The maximum absolute atomic E-state index is 12.5. The molecule has 0 bridgehead atoms. The molecule has 0 atom stereocenters. The molecule has 2 aliphatic heterocycles. The lowest BCUT2D eigenvalue weighted by Crippen LogP contribution is -2.40. The molecule has 1 saturated heterocycles. The molecule has 1 aromatic rings. The number of carbonyl (C=O) groups excluding carboxylic acids is 1. The minimum Gasteiger partial charge on any atom is -0.486 e. The second-order valence-electron chi connectivity index (χ2n) is 5.89. The van der Waals surface area contributed by atoms with Gasteiger partial charge >= 0.3 is 0 Å². The second kappa shape index (κ2) is 6.98. The van der Waals surface area contributed by atoms with Gasteiger partial charge in [-0.15, -0.1) is 0 Å². The summed E-state index contributed by atoms with van der Waals surface area (Å²) >= 11 is 0. The molecule has 2 aliphatic rings. The Hall–Kier alpha value is -1.80. The highest BCUT2D eigenvalue weighted by atomic mass is 32.2. The Kier molecular flexibility index (Phi) is 4.96. The lowest BCUT2D eigenvalue weighted by Gasteiger charge is -2.25. The van der Waals surface area contributed by atoms with Gasteiger partial charge in [0.15, 0.2) is 11.5 Å². The van der Waals surface area contributed by atoms with Crippen molar-refractivity contribution in [3.63, 3.8) is 0 Å². The standard InChI is InChI=1S/C16H22N2O5S/c1-2-17(16(19)12-18-6-3-9-24(18,20)21)11-13-4-5-14-15(10-13)23-8-7-22-14/h4-5,10H,2-3,6-9,11-12H2,1H3. The summed E-state index contributed by atoms with van der Waals surface area (Å²) in [5, 5.41) is 0. The second-order valence-corrected chi connectivity index (χ2v) is 7.98. The van der Waals surface area contributed by atoms with Crippen LogP contribution in [0.2, 0.25) is 0 Å². The summed E-state index contributed by atoms with van der Waals surface area (Å²) in [6.07, 6.45) is 0.587. The maximum Gasteiger partial charge on any atom is 0.238 e. The first kappa shape index (κ1) is 17.0. The monoisotopic (exact) mass is 354 g/mol. The molecule has 7 nitrogen and oxygen atoms in total. The quantitative estimate of drug-likeness (QED) is 0.783. The molecule has 1 aromatic carbocycles. The van der Waals surface area contributed by atoms with Crippen LogP contribution in [-0.4, -0.2) is 62.1 Å². The first-order chi connectivity index (χ1) is 11.5. The number of nitrogens with zero attached hydrogens (tertiary/aromatic N) is 2. The van der Waals surface area contributed by atoms with Gasteiger partial charge in [0.05, 0.1) is 12.3 Å². The molecular formula is C16H22N2O5S. The fourth-order valence-electron chi connectivity index (χ4n) is 2.90. The van der Waals surface area contributed by atoms with Crippen LogP contribution >= 0.6 is 0 Å². The fraction of sp³-hybridized carbons (Fsp3) is 0.562. The SMILES string of the molecule is CCN(Cc1ccc2c(c1)OCCO2)C(=O)CN1CCCS1(=O)=O. The van der Waals surface area contributed by atoms with E-state index in [0.29, 0.717) is 50.8 Å². The molecule has 0 spiro atoms. The minimum absolute atomic E-state index is 0.0826. The van der Waals surface area contributed by atoms with E-state index >= 15 is 0 Å². The van der Waals surface area contributed by atoms with Gasteiger partial charge in [-0.25, -0.2) is 8.42 Å². The third-order valence-corrected chi connectivity index (χ3v) is 6.13. The molecule has 2 heterocycles. The normalized spacial score (nSPS) is 19.2. The van der Waals surface area contributed by atoms with Crippen LogP contribution in [0.5, 0.6) is 11.5 Å². The summed E-state index contributed by atoms with van der Waals surface area (Å²) < 4.78 is 36.0. The Morgan fingerprint density at radius 2 is 2.00 bits per heavy atom. The van der Waals surface area contributed by atoms with Crippen LogP contribution in [0.15, 0.2) is 18.2 Å². The highest BCUT2D eigenvalue weighted by Gasteiger charge is 2.31. The third-order valence-electron chi connectivity index (χ3n) is 4.23. The maximum atomic E-state index is 12.5. The van der Waals surface area contributed by atoms with Gasteiger partial charge in [-0.2, -0.15) is 4.31 Å². The average molecular weight is 354 g/mol. The van der Waals surface area contributed by atoms with Crippen LogP contribution in [0, 0.1) is 0 Å². The number of ether oxygens (including phenoxy) is 2. The van der Waals surface area contributed by atoms with Gasteiger partial charge in [-0.1, -0.05) is 6.07 Å². The van der Waals surface area contributed by atoms with Crippen molar-refractivity contribution < 1.29 is 22.7 Å². The molecule has 0 radical (unpaired) electrons. The fourth-order valence-corrected chi connectivity index (χ4v) is 4.37. The van der Waals surface area contributed by atoms with Crippen molar-refractivity contribution in [2.24, 2.45) is 0 Å². The molecule has 8 heteroatoms. The zero-order valence-corrected chi connectivity index (χ0v) is 14.5. The number of likely N-dealkylation sites (N-methyl/N-ethyl adjacent to an activating group) is 1. The highest BCUT2D eigenvalue weighted by Crippen LogP contribution is 2.31. The Bertz CT molecular complexity index is 719. The van der Waals surface area contributed by atoms with Crippen molar-refractivity contribution in [3.8, 4) is 11.5 Å². The topological polar surface area (TPSA) is 76.2 Å². The van der Waals surface area contributed by atoms with Gasteiger partial charge in [-0.05, 0) is 31.0 Å². The van der Waals surface area contributed by atoms with Crippen molar-refractivity contribution in [1.29, 1.82) is 0 Å². The summed E-state index contributed by atoms with van der Waals surface area (Å²) in [7, 11) is -3.26. The Morgan fingerprint density at radius 1 is 1.25 bits per heavy atom. The third kappa shape index (κ3) is 3.64. The van der Waals surface area contributed by atoms with E-state index in [1.165, 1.54) is 4.31 Å². The van der Waals surface area contributed by atoms with Crippen molar-refractivity contribution in [2.45, 2.75) is 19.9 Å². The van der Waals surface area contributed by atoms with Crippen LogP contribution in [0.3, 0.4) is 0 Å². The van der Waals surface area contributed by atoms with Gasteiger partial charge in [0.1, 0.15) is 13.2 Å². The van der Waals surface area contributed by atoms with Crippen LogP contribution in [-0.2, 0) is 21.4 Å². The number of rotatable bonds is 5. The smallest absolute Gasteiger partial charge is 0.238 e. The van der Waals surface area contributed by atoms with E-state index in [1.54, 1.807) is 4.90 Å². The highest BCUT2D eigenvalue weighted by molar-refractivity contribution is 7.89. The number of fused-ring (bicyclic) bond motifs is 1. The lowest BCUT2D eigenvalue weighted by molar-refractivity contribution is -0.131. The lowest BCUT2D eigenvalue weighted by atomic mass is 10.1. The van der Waals surface area contributed by atoms with Gasteiger partial charge in [-0.3, -0.25) is 4.79 Å². The van der Waals surface area contributed by atoms with Gasteiger partial charge in [0.25, 0.3) is 0 Å². The Balaban J connectivity index is 1.67. The Labute approximate surface area is 142 Å². The predicted octanol–water partition coefficient (Wildman–Crippen LogP) is 0.842. The minimum atomic E-state index is -3.26. The molecular weight excluding hydrogens is 332 g/mol. The van der Waals surface area contributed by atoms with Crippen LogP contribution in [0.1, 0.15) is 18.9 Å². The van der Waals surface area contributed by atoms with Crippen molar-refractivity contribution in [2.75, 3.05) is 38.6 Å². The molecule has 1 fully saturated rings. The molecule has 0 unspecified atom stereocenters. The van der Waals surface area contributed by atoms with E-state index in [9.17, 15) is 13.2 Å². The molecule has 1 amide bonds. The van der Waals surface area contributed by atoms with Crippen LogP contribution in [0.4, 0.5) is 0 Å². The van der Waals surface area contributed by atoms with Gasteiger partial charge in [0, 0.05) is 19.6 Å². The number of hydrogen-bond donors (Lipinski definition) is 0. The summed E-state index contributed by atoms with van der Waals surface area (Å²) in [6, 6.07) is 5.61. The summed E-state index contributed by atoms with van der Waals surface area (Å²) in [6.45, 7) is 4.21. The van der Waals surface area contributed by atoms with E-state index in [-0.39, 0.29) is 18.2 Å². The number of benzene rings is 1. The zero-order chi connectivity index (χ0) is 17.2. The van der Waals surface area contributed by atoms with Crippen molar-refractivity contribution >= 4 is 15.9 Å². The largest absolute Gasteiger partial charge is 0.486 e. The van der Waals surface area contributed by atoms with Gasteiger partial charge in [0.2, 0.25) is 15.9 Å². The van der Waals surface area contributed by atoms with Crippen LogP contribution in [0.25, 0.3) is 0 Å². The first-order valence-corrected chi connectivity index (χ1v) is 9.74. The number of amides is 1. The molecule has 3 rings (SSSR count). The van der Waals surface area contributed by atoms with Crippen molar-refractivity contribution in [1.82, 2.24) is 9.21 Å². The predicted molar refractivity (Wildman–Crippen MR) is 88.5 cm³/mol.